The Morgan fingerprint density at radius 1 is 0.377 bits per heavy atom. The minimum absolute atomic E-state index is 0.133. The average Bonchev–Trinajstić information content (AvgIpc) is 3.72. The molecule has 0 bridgehead atoms. The summed E-state index contributed by atoms with van der Waals surface area (Å²) in [6, 6.07) is 69.1. The first-order chi connectivity index (χ1) is 26.1. The van der Waals surface area contributed by atoms with Crippen molar-refractivity contribution < 1.29 is 0 Å². The number of hydrogen-bond donors (Lipinski definition) is 0. The molecule has 252 valence electrons. The summed E-state index contributed by atoms with van der Waals surface area (Å²) in [6.45, 7) is 4.74. The minimum Gasteiger partial charge on any atom is -0.308 e. The molecule has 9 aromatic rings. The molecule has 0 amide bonds. The van der Waals surface area contributed by atoms with Crippen molar-refractivity contribution in [3.05, 3.63) is 199 Å². The molecule has 1 aliphatic rings. The van der Waals surface area contributed by atoms with E-state index in [1.807, 2.05) is 11.3 Å². The Labute approximate surface area is 315 Å². The van der Waals surface area contributed by atoms with Crippen molar-refractivity contribution in [1.82, 2.24) is 0 Å². The van der Waals surface area contributed by atoms with E-state index in [4.69, 9.17) is 0 Å². The van der Waals surface area contributed by atoms with Gasteiger partial charge in [-0.05, 0) is 68.8 Å². The number of nitrogens with zero attached hydrogens (tertiary/aromatic N) is 1. The number of benzene rings is 8. The van der Waals surface area contributed by atoms with Crippen molar-refractivity contribution in [2.45, 2.75) is 19.3 Å². The van der Waals surface area contributed by atoms with E-state index >= 15 is 0 Å². The lowest BCUT2D eigenvalue weighted by atomic mass is 9.82. The first-order valence-electron chi connectivity index (χ1n) is 18.4. The van der Waals surface area contributed by atoms with Crippen LogP contribution in [-0.2, 0) is 5.41 Å². The molecule has 8 aromatic carbocycles. The maximum Gasteiger partial charge on any atom is 0.0640 e. The van der Waals surface area contributed by atoms with Gasteiger partial charge in [0.25, 0.3) is 0 Å². The lowest BCUT2D eigenvalue weighted by Crippen LogP contribution is -2.16. The highest BCUT2D eigenvalue weighted by Crippen LogP contribution is 2.57. The van der Waals surface area contributed by atoms with Crippen LogP contribution in [-0.4, -0.2) is 0 Å². The van der Waals surface area contributed by atoms with Gasteiger partial charge in [0.05, 0.1) is 21.8 Å². The second-order valence-electron chi connectivity index (χ2n) is 14.4. The third kappa shape index (κ3) is 4.98. The fourth-order valence-corrected chi connectivity index (χ4v) is 9.86. The topological polar surface area (TPSA) is 3.24 Å². The molecule has 0 saturated heterocycles. The molecule has 53 heavy (non-hydrogen) atoms. The van der Waals surface area contributed by atoms with E-state index in [9.17, 15) is 0 Å². The third-order valence-electron chi connectivity index (χ3n) is 11.1. The number of fused-ring (bicyclic) bond motifs is 6. The van der Waals surface area contributed by atoms with E-state index < -0.39 is 0 Å². The number of thiophene rings is 1. The lowest BCUT2D eigenvalue weighted by molar-refractivity contribution is 0.660. The van der Waals surface area contributed by atoms with E-state index in [1.54, 1.807) is 0 Å². The fourth-order valence-electron chi connectivity index (χ4n) is 8.66. The molecule has 1 nitrogen and oxygen atoms in total. The molecule has 0 radical (unpaired) electrons. The van der Waals surface area contributed by atoms with Crippen LogP contribution in [0.15, 0.2) is 188 Å². The van der Waals surface area contributed by atoms with Crippen LogP contribution in [0.1, 0.15) is 25.0 Å². The summed E-state index contributed by atoms with van der Waals surface area (Å²) < 4.78 is 2.58. The van der Waals surface area contributed by atoms with Crippen LogP contribution in [0.5, 0.6) is 0 Å². The van der Waals surface area contributed by atoms with E-state index in [0.717, 1.165) is 5.69 Å². The summed E-state index contributed by atoms with van der Waals surface area (Å²) in [4.78, 5) is 2.58. The van der Waals surface area contributed by atoms with Crippen LogP contribution in [0.25, 0.3) is 64.7 Å². The van der Waals surface area contributed by atoms with Gasteiger partial charge in [-0.15, -0.1) is 11.3 Å². The van der Waals surface area contributed by atoms with Crippen molar-refractivity contribution in [1.29, 1.82) is 0 Å². The molecule has 1 heterocycles. The second-order valence-corrected chi connectivity index (χ2v) is 15.5. The van der Waals surface area contributed by atoms with Crippen LogP contribution in [0, 0.1) is 0 Å². The summed E-state index contributed by atoms with van der Waals surface area (Å²) in [7, 11) is 0. The molecule has 0 atom stereocenters. The fraction of sp³-hybridized carbons (Fsp3) is 0.0588. The number of anilines is 3. The molecular formula is C51H37NS. The smallest absolute Gasteiger partial charge is 0.0640 e. The van der Waals surface area contributed by atoms with Gasteiger partial charge < -0.3 is 4.90 Å². The Bertz CT molecular complexity index is 2810. The zero-order valence-electron chi connectivity index (χ0n) is 29.8. The molecule has 1 aromatic heterocycles. The Morgan fingerprint density at radius 3 is 1.66 bits per heavy atom. The van der Waals surface area contributed by atoms with Gasteiger partial charge in [0.1, 0.15) is 0 Å². The van der Waals surface area contributed by atoms with E-state index in [0.29, 0.717) is 0 Å². The van der Waals surface area contributed by atoms with Crippen molar-refractivity contribution >= 4 is 48.6 Å². The van der Waals surface area contributed by atoms with Gasteiger partial charge in [-0.2, -0.15) is 0 Å². The maximum absolute atomic E-state index is 2.58. The van der Waals surface area contributed by atoms with Crippen LogP contribution in [0.3, 0.4) is 0 Å². The molecular weight excluding hydrogens is 659 g/mol. The van der Waals surface area contributed by atoms with Crippen molar-refractivity contribution in [2.75, 3.05) is 4.90 Å². The highest BCUT2D eigenvalue weighted by molar-refractivity contribution is 7.26. The van der Waals surface area contributed by atoms with Crippen LogP contribution in [0.4, 0.5) is 17.1 Å². The SMILES string of the molecule is CC1(C)c2ccccc2-c2c(N(c3cccc(-c4ccccc4)c3-c3ccccc3-c3ccccc3)c3cccc4c3sc3ccccc34)cccc21. The molecule has 0 aliphatic heterocycles. The predicted molar refractivity (Wildman–Crippen MR) is 228 cm³/mol. The predicted octanol–water partition coefficient (Wildman–Crippen LogP) is 14.8. The van der Waals surface area contributed by atoms with Gasteiger partial charge >= 0.3 is 0 Å². The maximum atomic E-state index is 2.58. The lowest BCUT2D eigenvalue weighted by Gasteiger charge is -2.32. The Morgan fingerprint density at radius 2 is 0.887 bits per heavy atom. The highest BCUT2D eigenvalue weighted by Gasteiger charge is 2.38. The van der Waals surface area contributed by atoms with Crippen molar-refractivity contribution in [3.8, 4) is 44.5 Å². The Balaban J connectivity index is 1.36. The van der Waals surface area contributed by atoms with Gasteiger partial charge in [0.2, 0.25) is 0 Å². The van der Waals surface area contributed by atoms with Gasteiger partial charge in [-0.3, -0.25) is 0 Å². The summed E-state index contributed by atoms with van der Waals surface area (Å²) in [5.74, 6) is 0. The quantitative estimate of drug-likeness (QED) is 0.167. The average molecular weight is 696 g/mol. The van der Waals surface area contributed by atoms with E-state index in [1.165, 1.54) is 87.2 Å². The van der Waals surface area contributed by atoms with Crippen LogP contribution in [0.2, 0.25) is 0 Å². The zero-order chi connectivity index (χ0) is 35.5. The summed E-state index contributed by atoms with van der Waals surface area (Å²) in [5.41, 5.74) is 15.9. The monoisotopic (exact) mass is 695 g/mol. The Hall–Kier alpha value is -6.22. The van der Waals surface area contributed by atoms with Crippen LogP contribution < -0.4 is 4.90 Å². The van der Waals surface area contributed by atoms with E-state index in [-0.39, 0.29) is 5.41 Å². The van der Waals surface area contributed by atoms with Crippen LogP contribution >= 0.6 is 11.3 Å². The molecule has 0 unspecified atom stereocenters. The molecule has 0 fully saturated rings. The van der Waals surface area contributed by atoms with Crippen molar-refractivity contribution in [2.24, 2.45) is 0 Å². The molecule has 0 saturated carbocycles. The molecule has 1 aliphatic carbocycles. The summed E-state index contributed by atoms with van der Waals surface area (Å²) in [5, 5.41) is 2.58. The molecule has 10 rings (SSSR count). The summed E-state index contributed by atoms with van der Waals surface area (Å²) in [6.07, 6.45) is 0. The van der Waals surface area contributed by atoms with E-state index in [2.05, 4.69) is 207 Å². The minimum atomic E-state index is -0.133. The third-order valence-corrected chi connectivity index (χ3v) is 12.3. The normalized spacial score (nSPS) is 12.9. The zero-order valence-corrected chi connectivity index (χ0v) is 30.6. The summed E-state index contributed by atoms with van der Waals surface area (Å²) >= 11 is 1.89. The molecule has 0 spiro atoms. The highest BCUT2D eigenvalue weighted by atomic mass is 32.1. The van der Waals surface area contributed by atoms with Gasteiger partial charge in [-0.25, -0.2) is 0 Å². The number of hydrogen-bond acceptors (Lipinski definition) is 2. The van der Waals surface area contributed by atoms with Gasteiger partial charge in [-0.1, -0.05) is 178 Å². The standard InChI is InChI=1S/C51H37NS/c1-51(2)42-28-13-11-25-41(42)49-43(51)29-17-31-45(49)52(46-32-16-27-40-38-23-12-14-33-47(38)53-50(40)46)44-30-15-26-37(35-20-7-4-8-21-35)48(44)39-24-10-9-22-36(39)34-18-5-3-6-19-34/h3-33H,1-2H3. The molecule has 0 N–H and O–H groups in total. The first-order valence-corrected chi connectivity index (χ1v) is 19.2. The number of rotatable bonds is 6. The first kappa shape index (κ1) is 31.5. The Kier molecular flexibility index (Phi) is 7.42. The largest absolute Gasteiger partial charge is 0.308 e. The van der Waals surface area contributed by atoms with Gasteiger partial charge in [0, 0.05) is 32.0 Å². The molecule has 2 heteroatoms. The second kappa shape index (κ2) is 12.5. The van der Waals surface area contributed by atoms with Crippen molar-refractivity contribution in [3.63, 3.8) is 0 Å². The van der Waals surface area contributed by atoms with Gasteiger partial charge in [0.15, 0.2) is 0 Å².